The Morgan fingerprint density at radius 3 is 2.55 bits per heavy atom. The molecule has 148 valence electrons. The summed E-state index contributed by atoms with van der Waals surface area (Å²) in [6.07, 6.45) is 2.28. The third-order valence-corrected chi connectivity index (χ3v) is 5.64. The van der Waals surface area contributed by atoms with Gasteiger partial charge in [0.15, 0.2) is 10.9 Å². The molecule has 1 N–H and O–H groups in total. The number of thiocarbonyl (C=S) groups is 1. The molecule has 0 amide bonds. The maximum Gasteiger partial charge on any atom is 0.343 e. The zero-order chi connectivity index (χ0) is 20.4. The molecule has 1 aliphatic heterocycles. The molecule has 1 atom stereocenters. The van der Waals surface area contributed by atoms with E-state index in [2.05, 4.69) is 5.32 Å². The summed E-state index contributed by atoms with van der Waals surface area (Å²) >= 11 is 5.55. The molecule has 0 radical (unpaired) electrons. The summed E-state index contributed by atoms with van der Waals surface area (Å²) in [6, 6.07) is 15.9. The molecule has 4 rings (SSSR count). The van der Waals surface area contributed by atoms with E-state index in [0.717, 1.165) is 36.2 Å². The molecular formula is C23H22N2O3S. The van der Waals surface area contributed by atoms with Crippen LogP contribution in [0.25, 0.3) is 0 Å². The number of allylic oxidation sites excluding steroid dienone is 1. The van der Waals surface area contributed by atoms with E-state index in [-0.39, 0.29) is 11.8 Å². The first-order chi connectivity index (χ1) is 14.1. The molecule has 2 aliphatic rings. The van der Waals surface area contributed by atoms with Crippen LogP contribution in [-0.4, -0.2) is 28.3 Å². The van der Waals surface area contributed by atoms with Gasteiger partial charge in [-0.25, -0.2) is 4.79 Å². The molecule has 0 saturated carbocycles. The molecule has 5 nitrogen and oxygen atoms in total. The van der Waals surface area contributed by atoms with Crippen molar-refractivity contribution in [1.82, 2.24) is 10.2 Å². The summed E-state index contributed by atoms with van der Waals surface area (Å²) in [6.45, 7) is 2.77. The zero-order valence-electron chi connectivity index (χ0n) is 16.2. The smallest absolute Gasteiger partial charge is 0.343 e. The van der Waals surface area contributed by atoms with Crippen molar-refractivity contribution >= 4 is 29.1 Å². The van der Waals surface area contributed by atoms with Gasteiger partial charge in [0.1, 0.15) is 5.75 Å². The van der Waals surface area contributed by atoms with Crippen LogP contribution in [0, 0.1) is 0 Å². The summed E-state index contributed by atoms with van der Waals surface area (Å²) in [7, 11) is 0. The van der Waals surface area contributed by atoms with E-state index in [0.29, 0.717) is 22.8 Å². The molecule has 1 heterocycles. The average Bonchev–Trinajstić information content (AvgIpc) is 2.74. The summed E-state index contributed by atoms with van der Waals surface area (Å²) in [4.78, 5) is 27.0. The second kappa shape index (κ2) is 8.17. The van der Waals surface area contributed by atoms with Gasteiger partial charge in [0.2, 0.25) is 0 Å². The van der Waals surface area contributed by atoms with Crippen molar-refractivity contribution in [3.8, 4) is 5.75 Å². The van der Waals surface area contributed by atoms with E-state index in [9.17, 15) is 9.59 Å². The molecule has 0 fully saturated rings. The molecule has 1 unspecified atom stereocenters. The van der Waals surface area contributed by atoms with Crippen molar-refractivity contribution < 1.29 is 14.3 Å². The number of ketones is 1. The topological polar surface area (TPSA) is 58.6 Å². The van der Waals surface area contributed by atoms with Gasteiger partial charge in [-0.2, -0.15) is 0 Å². The van der Waals surface area contributed by atoms with E-state index in [1.807, 2.05) is 30.0 Å². The Balaban J connectivity index is 1.59. The highest BCUT2D eigenvalue weighted by molar-refractivity contribution is 7.80. The van der Waals surface area contributed by atoms with Gasteiger partial charge in [0.25, 0.3) is 0 Å². The van der Waals surface area contributed by atoms with Crippen LogP contribution in [0.4, 0.5) is 0 Å². The minimum Gasteiger partial charge on any atom is -0.423 e. The van der Waals surface area contributed by atoms with E-state index in [1.165, 1.54) is 0 Å². The van der Waals surface area contributed by atoms with Crippen LogP contribution in [0.2, 0.25) is 0 Å². The first-order valence-corrected chi connectivity index (χ1v) is 10.2. The van der Waals surface area contributed by atoms with E-state index in [1.54, 1.807) is 36.4 Å². The fourth-order valence-corrected chi connectivity index (χ4v) is 4.26. The molecule has 0 spiro atoms. The van der Waals surface area contributed by atoms with Crippen molar-refractivity contribution in [2.75, 3.05) is 6.54 Å². The van der Waals surface area contributed by atoms with Gasteiger partial charge in [-0.3, -0.25) is 4.79 Å². The number of benzene rings is 2. The number of ether oxygens (including phenoxy) is 1. The fourth-order valence-electron chi connectivity index (χ4n) is 3.90. The SMILES string of the molecule is CCN1C(=S)NC(c2ccc(OC(=O)c3ccccc3)cc2)C2=C1CCCC2=O. The second-order valence-corrected chi connectivity index (χ2v) is 7.48. The van der Waals surface area contributed by atoms with Gasteiger partial charge >= 0.3 is 5.97 Å². The molecule has 2 aromatic rings. The van der Waals surface area contributed by atoms with Gasteiger partial charge < -0.3 is 15.0 Å². The van der Waals surface area contributed by atoms with Gasteiger partial charge in [-0.1, -0.05) is 30.3 Å². The lowest BCUT2D eigenvalue weighted by Gasteiger charge is -2.40. The molecule has 29 heavy (non-hydrogen) atoms. The van der Waals surface area contributed by atoms with Crippen LogP contribution in [0.1, 0.15) is 48.1 Å². The molecule has 1 aliphatic carbocycles. The summed E-state index contributed by atoms with van der Waals surface area (Å²) in [5, 5.41) is 3.96. The summed E-state index contributed by atoms with van der Waals surface area (Å²) < 4.78 is 5.45. The molecule has 2 aromatic carbocycles. The van der Waals surface area contributed by atoms with Crippen LogP contribution in [0.3, 0.4) is 0 Å². The predicted octanol–water partition coefficient (Wildman–Crippen LogP) is 4.16. The van der Waals surface area contributed by atoms with Gasteiger partial charge in [0, 0.05) is 24.2 Å². The molecular weight excluding hydrogens is 384 g/mol. The Bertz CT molecular complexity index is 983. The number of esters is 1. The Morgan fingerprint density at radius 1 is 1.14 bits per heavy atom. The number of carbonyl (C=O) groups excluding carboxylic acids is 2. The molecule has 0 bridgehead atoms. The van der Waals surface area contributed by atoms with Gasteiger partial charge in [0.05, 0.1) is 11.6 Å². The normalized spacial score (nSPS) is 18.9. The second-order valence-electron chi connectivity index (χ2n) is 7.09. The lowest BCUT2D eigenvalue weighted by Crippen LogP contribution is -2.49. The standard InChI is InChI=1S/C23H22N2O3S/c1-2-25-18-9-6-10-19(26)20(18)21(24-23(25)29)15-11-13-17(14-12-15)28-22(27)16-7-4-3-5-8-16/h3-5,7-8,11-14,21H,2,6,9-10H2,1H3,(H,24,29). The lowest BCUT2D eigenvalue weighted by molar-refractivity contribution is -0.116. The lowest BCUT2D eigenvalue weighted by atomic mass is 9.85. The van der Waals surface area contributed by atoms with E-state index in [4.69, 9.17) is 17.0 Å². The number of hydrogen-bond donors (Lipinski definition) is 1. The number of nitrogens with zero attached hydrogens (tertiary/aromatic N) is 1. The maximum atomic E-state index is 12.7. The van der Waals surface area contributed by atoms with Crippen LogP contribution >= 0.6 is 12.2 Å². The van der Waals surface area contributed by atoms with Crippen molar-refractivity contribution in [2.24, 2.45) is 0 Å². The zero-order valence-corrected chi connectivity index (χ0v) is 17.0. The highest BCUT2D eigenvalue weighted by atomic mass is 32.1. The van der Waals surface area contributed by atoms with Crippen molar-refractivity contribution in [2.45, 2.75) is 32.2 Å². The highest BCUT2D eigenvalue weighted by Gasteiger charge is 2.36. The van der Waals surface area contributed by atoms with Crippen LogP contribution in [-0.2, 0) is 4.79 Å². The minimum atomic E-state index is -0.402. The number of hydrogen-bond acceptors (Lipinski definition) is 4. The summed E-state index contributed by atoms with van der Waals surface area (Å²) in [5.74, 6) is 0.228. The third-order valence-electron chi connectivity index (χ3n) is 5.31. The van der Waals surface area contributed by atoms with Crippen molar-refractivity contribution in [3.05, 3.63) is 77.0 Å². The first-order valence-electron chi connectivity index (χ1n) is 9.80. The Hall–Kier alpha value is -2.99. The maximum absolute atomic E-state index is 12.7. The molecule has 0 aromatic heterocycles. The van der Waals surface area contributed by atoms with Gasteiger partial charge in [-0.15, -0.1) is 0 Å². The highest BCUT2D eigenvalue weighted by Crippen LogP contribution is 2.37. The number of carbonyl (C=O) groups is 2. The van der Waals surface area contributed by atoms with Crippen LogP contribution in [0.15, 0.2) is 65.9 Å². The fraction of sp³-hybridized carbons (Fsp3) is 0.261. The van der Waals surface area contributed by atoms with E-state index >= 15 is 0 Å². The molecule has 6 heteroatoms. The van der Waals surface area contributed by atoms with Crippen molar-refractivity contribution in [1.29, 1.82) is 0 Å². The Kier molecular flexibility index (Phi) is 5.45. The van der Waals surface area contributed by atoms with Crippen LogP contribution < -0.4 is 10.1 Å². The molecule has 0 saturated heterocycles. The Morgan fingerprint density at radius 2 is 1.86 bits per heavy atom. The number of Topliss-reactive ketones (excluding diaryl/α,β-unsaturated/α-hetero) is 1. The number of nitrogens with one attached hydrogen (secondary N) is 1. The van der Waals surface area contributed by atoms with Gasteiger partial charge in [-0.05, 0) is 61.8 Å². The van der Waals surface area contributed by atoms with E-state index < -0.39 is 5.97 Å². The summed E-state index contributed by atoms with van der Waals surface area (Å²) in [5.41, 5.74) is 3.27. The number of rotatable bonds is 4. The predicted molar refractivity (Wildman–Crippen MR) is 115 cm³/mol. The monoisotopic (exact) mass is 406 g/mol. The average molecular weight is 407 g/mol. The largest absolute Gasteiger partial charge is 0.423 e. The third kappa shape index (κ3) is 3.80. The first kappa shape index (κ1) is 19.3. The Labute approximate surface area is 175 Å². The quantitative estimate of drug-likeness (QED) is 0.467. The minimum absolute atomic E-state index is 0.171. The van der Waals surface area contributed by atoms with Crippen LogP contribution in [0.5, 0.6) is 5.75 Å². The van der Waals surface area contributed by atoms with Crippen molar-refractivity contribution in [3.63, 3.8) is 0 Å².